The van der Waals surface area contributed by atoms with Gasteiger partial charge >= 0.3 is 17.0 Å². The molecule has 4 aromatic rings. The molecule has 0 unspecified atom stereocenters. The molecule has 0 saturated heterocycles. The van der Waals surface area contributed by atoms with Crippen LogP contribution in [0.15, 0.2) is 59.9 Å². The van der Waals surface area contributed by atoms with E-state index < -0.39 is 4.92 Å². The van der Waals surface area contributed by atoms with E-state index in [0.29, 0.717) is 6.54 Å². The molecule has 24 heavy (non-hydrogen) atoms. The lowest BCUT2D eigenvalue weighted by atomic mass is 10.1. The second-order valence-electron chi connectivity index (χ2n) is 5.35. The van der Waals surface area contributed by atoms with Crippen molar-refractivity contribution in [3.63, 3.8) is 0 Å². The molecule has 0 bridgehead atoms. The quantitative estimate of drug-likeness (QED) is 0.425. The molecule has 0 aliphatic heterocycles. The number of pyridine rings is 1. The lowest BCUT2D eigenvalue weighted by Gasteiger charge is -2.06. The Hall–Kier alpha value is -3.55. The molecule has 4 rings (SSSR count). The molecule has 3 aromatic heterocycles. The fourth-order valence-electron chi connectivity index (χ4n) is 2.63. The summed E-state index contributed by atoms with van der Waals surface area (Å²) in [6, 6.07) is 9.57. The highest BCUT2D eigenvalue weighted by molar-refractivity contribution is 5.78. The molecule has 0 radical (unpaired) electrons. The van der Waals surface area contributed by atoms with Gasteiger partial charge in [-0.05, 0) is 33.7 Å². The number of hydrogen-bond acceptors (Lipinski definition) is 5. The van der Waals surface area contributed by atoms with Gasteiger partial charge in [-0.1, -0.05) is 12.1 Å². The molecule has 1 aromatic carbocycles. The Morgan fingerprint density at radius 3 is 2.92 bits per heavy atom. The highest BCUT2D eigenvalue weighted by Crippen LogP contribution is 2.14. The lowest BCUT2D eigenvalue weighted by molar-refractivity contribution is -0.389. The van der Waals surface area contributed by atoms with Crippen molar-refractivity contribution in [1.82, 2.24) is 18.9 Å². The van der Waals surface area contributed by atoms with Crippen LogP contribution in [0.3, 0.4) is 0 Å². The van der Waals surface area contributed by atoms with Crippen LogP contribution in [0.1, 0.15) is 5.56 Å². The summed E-state index contributed by atoms with van der Waals surface area (Å²) in [5, 5.41) is 11.8. The van der Waals surface area contributed by atoms with E-state index in [1.54, 1.807) is 18.6 Å². The van der Waals surface area contributed by atoms with Gasteiger partial charge in [0.2, 0.25) is 0 Å². The zero-order valence-corrected chi connectivity index (χ0v) is 12.4. The van der Waals surface area contributed by atoms with Gasteiger partial charge in [-0.3, -0.25) is 14.2 Å². The second-order valence-corrected chi connectivity index (χ2v) is 5.35. The summed E-state index contributed by atoms with van der Waals surface area (Å²) in [5.74, 6) is -0.346. The largest absolute Gasteiger partial charge is 0.382 e. The highest BCUT2D eigenvalue weighted by atomic mass is 16.6. The molecule has 0 saturated carbocycles. The smallest absolute Gasteiger partial charge is 0.358 e. The van der Waals surface area contributed by atoms with E-state index in [0.717, 1.165) is 16.5 Å². The fourth-order valence-corrected chi connectivity index (χ4v) is 2.63. The van der Waals surface area contributed by atoms with Gasteiger partial charge in [0, 0.05) is 24.0 Å². The normalized spacial score (nSPS) is 11.2. The third-order valence-electron chi connectivity index (χ3n) is 3.79. The first-order valence-electron chi connectivity index (χ1n) is 7.18. The van der Waals surface area contributed by atoms with Crippen LogP contribution in [0.4, 0.5) is 5.82 Å². The average Bonchev–Trinajstić information content (AvgIpc) is 3.03. The Labute approximate surface area is 134 Å². The van der Waals surface area contributed by atoms with Crippen molar-refractivity contribution >= 4 is 22.4 Å². The van der Waals surface area contributed by atoms with Crippen LogP contribution in [0, 0.1) is 10.1 Å². The monoisotopic (exact) mass is 321 g/mol. The molecule has 3 heterocycles. The van der Waals surface area contributed by atoms with Crippen molar-refractivity contribution in [1.29, 1.82) is 0 Å². The SMILES string of the molecule is O=c1c2nc([N+](=O)[O-])cn2ccn1Cc1ccc2ncccc2c1. The van der Waals surface area contributed by atoms with Crippen molar-refractivity contribution < 1.29 is 4.92 Å². The van der Waals surface area contributed by atoms with E-state index in [9.17, 15) is 14.9 Å². The molecule has 8 heteroatoms. The second kappa shape index (κ2) is 5.27. The highest BCUT2D eigenvalue weighted by Gasteiger charge is 2.17. The number of aromatic nitrogens is 4. The molecule has 0 amide bonds. The summed E-state index contributed by atoms with van der Waals surface area (Å²) >= 11 is 0. The van der Waals surface area contributed by atoms with Crippen LogP contribution in [-0.2, 0) is 6.54 Å². The average molecular weight is 321 g/mol. The number of rotatable bonds is 3. The Morgan fingerprint density at radius 1 is 1.21 bits per heavy atom. The topological polar surface area (TPSA) is 95.3 Å². The van der Waals surface area contributed by atoms with E-state index >= 15 is 0 Å². The number of nitrogens with zero attached hydrogens (tertiary/aromatic N) is 5. The van der Waals surface area contributed by atoms with E-state index in [2.05, 4.69) is 9.97 Å². The van der Waals surface area contributed by atoms with Crippen molar-refractivity contribution in [2.24, 2.45) is 0 Å². The van der Waals surface area contributed by atoms with Gasteiger partial charge in [0.15, 0.2) is 0 Å². The van der Waals surface area contributed by atoms with Crippen molar-refractivity contribution in [3.8, 4) is 0 Å². The minimum atomic E-state index is -0.618. The number of benzene rings is 1. The molecule has 8 nitrogen and oxygen atoms in total. The van der Waals surface area contributed by atoms with Crippen molar-refractivity contribution in [2.75, 3.05) is 0 Å². The third-order valence-corrected chi connectivity index (χ3v) is 3.79. The first-order valence-corrected chi connectivity index (χ1v) is 7.18. The molecule has 0 N–H and O–H groups in total. The van der Waals surface area contributed by atoms with Crippen molar-refractivity contribution in [2.45, 2.75) is 6.54 Å². The molecule has 0 aliphatic carbocycles. The minimum Gasteiger partial charge on any atom is -0.358 e. The molecular formula is C16H11N5O3. The van der Waals surface area contributed by atoms with Gasteiger partial charge in [-0.2, -0.15) is 0 Å². The zero-order chi connectivity index (χ0) is 16.7. The van der Waals surface area contributed by atoms with Gasteiger partial charge in [-0.25, -0.2) is 0 Å². The van der Waals surface area contributed by atoms with Gasteiger partial charge in [0.05, 0.1) is 12.1 Å². The third kappa shape index (κ3) is 2.30. The van der Waals surface area contributed by atoms with E-state index in [-0.39, 0.29) is 17.0 Å². The molecule has 0 atom stereocenters. The zero-order valence-electron chi connectivity index (χ0n) is 12.4. The summed E-state index contributed by atoms with van der Waals surface area (Å²) in [4.78, 5) is 30.7. The summed E-state index contributed by atoms with van der Waals surface area (Å²) in [5.41, 5.74) is 1.47. The van der Waals surface area contributed by atoms with Gasteiger partial charge in [0.1, 0.15) is 6.20 Å². The maximum Gasteiger partial charge on any atom is 0.382 e. The summed E-state index contributed by atoms with van der Waals surface area (Å²) in [6.45, 7) is 0.348. The first kappa shape index (κ1) is 14.1. The predicted molar refractivity (Wildman–Crippen MR) is 87.0 cm³/mol. The van der Waals surface area contributed by atoms with Crippen LogP contribution in [0.5, 0.6) is 0 Å². The summed E-state index contributed by atoms with van der Waals surface area (Å²) < 4.78 is 2.84. The predicted octanol–water partition coefficient (Wildman–Crippen LogP) is 2.00. The molecule has 118 valence electrons. The molecule has 0 aliphatic rings. The summed E-state index contributed by atoms with van der Waals surface area (Å²) in [6.07, 6.45) is 6.13. The molecular weight excluding hydrogens is 310 g/mol. The van der Waals surface area contributed by atoms with Crippen molar-refractivity contribution in [3.05, 3.63) is 81.2 Å². The number of nitro groups is 1. The first-order chi connectivity index (χ1) is 11.6. The Kier molecular flexibility index (Phi) is 3.09. The van der Waals surface area contributed by atoms with Gasteiger partial charge in [-0.15, -0.1) is 0 Å². The number of fused-ring (bicyclic) bond motifs is 2. The molecule has 0 fully saturated rings. The van der Waals surface area contributed by atoms with Crippen LogP contribution in [0.25, 0.3) is 16.6 Å². The number of imidazole rings is 1. The fraction of sp³-hybridized carbons (Fsp3) is 0.0625. The van der Waals surface area contributed by atoms with Gasteiger partial charge < -0.3 is 14.7 Å². The number of hydrogen-bond donors (Lipinski definition) is 0. The maximum absolute atomic E-state index is 12.5. The van der Waals surface area contributed by atoms with Gasteiger partial charge in [0.25, 0.3) is 0 Å². The Balaban J connectivity index is 1.76. The minimum absolute atomic E-state index is 0.0339. The standard InChI is InChI=1S/C16H11N5O3/c22-16-15-18-14(21(23)24)10-19(15)6-7-20(16)9-11-3-4-13-12(8-11)2-1-5-17-13/h1-8,10H,9H2. The van der Waals surface area contributed by atoms with E-state index in [1.807, 2.05) is 30.3 Å². The van der Waals surface area contributed by atoms with Crippen LogP contribution in [0.2, 0.25) is 0 Å². The summed E-state index contributed by atoms with van der Waals surface area (Å²) in [7, 11) is 0. The van der Waals surface area contributed by atoms with Crippen LogP contribution >= 0.6 is 0 Å². The lowest BCUT2D eigenvalue weighted by Crippen LogP contribution is -2.22. The van der Waals surface area contributed by atoms with Crippen LogP contribution in [-0.4, -0.2) is 23.9 Å². The maximum atomic E-state index is 12.5. The Morgan fingerprint density at radius 2 is 2.08 bits per heavy atom. The van der Waals surface area contributed by atoms with Crippen LogP contribution < -0.4 is 5.56 Å². The van der Waals surface area contributed by atoms with E-state index in [4.69, 9.17) is 0 Å². The molecule has 0 spiro atoms. The van der Waals surface area contributed by atoms with E-state index in [1.165, 1.54) is 15.2 Å². The Bertz CT molecular complexity index is 1150.